The van der Waals surface area contributed by atoms with Crippen LogP contribution in [0.3, 0.4) is 0 Å². The van der Waals surface area contributed by atoms with Crippen LogP contribution in [0.4, 0.5) is 0 Å². The lowest BCUT2D eigenvalue weighted by Gasteiger charge is -2.15. The Hall–Kier alpha value is -1.69. The first-order valence-electron chi connectivity index (χ1n) is 8.14. The number of thiophene rings is 2. The Morgan fingerprint density at radius 3 is 2.92 bits per heavy atom. The predicted octanol–water partition coefficient (Wildman–Crippen LogP) is 4.14. The predicted molar refractivity (Wildman–Crippen MR) is 104 cm³/mol. The molecule has 0 aliphatic rings. The minimum atomic E-state index is 0.136. The first-order valence-corrected chi connectivity index (χ1v) is 9.90. The second kappa shape index (κ2) is 8.42. The number of likely N-dealkylation sites (N-methyl/N-ethyl adjacent to an activating group) is 1. The van der Waals surface area contributed by atoms with Crippen LogP contribution in [0.15, 0.2) is 47.2 Å². The third-order valence-corrected chi connectivity index (χ3v) is 5.77. The zero-order valence-electron chi connectivity index (χ0n) is 13.8. The number of rotatable bonds is 8. The average Bonchev–Trinajstić information content (AvgIpc) is 3.21. The van der Waals surface area contributed by atoms with E-state index in [9.17, 15) is 4.79 Å². The van der Waals surface area contributed by atoms with Crippen LogP contribution in [0.5, 0.6) is 0 Å². The molecule has 0 aliphatic carbocycles. The van der Waals surface area contributed by atoms with Crippen LogP contribution in [0.1, 0.15) is 16.9 Å². The minimum absolute atomic E-state index is 0.136. The summed E-state index contributed by atoms with van der Waals surface area (Å²) in [7, 11) is 2.10. The molecule has 1 aromatic carbocycles. The van der Waals surface area contributed by atoms with E-state index in [2.05, 4.69) is 64.4 Å². The van der Waals surface area contributed by atoms with Gasteiger partial charge in [-0.05, 0) is 53.4 Å². The maximum Gasteiger partial charge on any atom is 0.220 e. The molecule has 0 aliphatic heterocycles. The van der Waals surface area contributed by atoms with Gasteiger partial charge in [-0.25, -0.2) is 0 Å². The van der Waals surface area contributed by atoms with Gasteiger partial charge in [0.25, 0.3) is 0 Å². The van der Waals surface area contributed by atoms with E-state index in [0.717, 1.165) is 19.5 Å². The van der Waals surface area contributed by atoms with Crippen molar-refractivity contribution in [3.8, 4) is 0 Å². The van der Waals surface area contributed by atoms with Gasteiger partial charge >= 0.3 is 0 Å². The van der Waals surface area contributed by atoms with Crippen LogP contribution in [0.25, 0.3) is 10.1 Å². The van der Waals surface area contributed by atoms with E-state index in [0.29, 0.717) is 13.0 Å². The van der Waals surface area contributed by atoms with Crippen molar-refractivity contribution in [1.82, 2.24) is 10.2 Å². The summed E-state index contributed by atoms with van der Waals surface area (Å²) < 4.78 is 1.34. The molecule has 24 heavy (non-hydrogen) atoms. The molecule has 2 heterocycles. The first kappa shape index (κ1) is 17.1. The lowest BCUT2D eigenvalue weighted by molar-refractivity contribution is -0.121. The fourth-order valence-corrected chi connectivity index (χ4v) is 4.48. The first-order chi connectivity index (χ1) is 11.7. The number of amides is 1. The SMILES string of the molecule is CN(CCNC(=O)CCc1ccsc1)Cc1cc2ccccc2s1. The number of aryl methyl sites for hydroxylation is 1. The third-order valence-electron chi connectivity index (χ3n) is 3.94. The van der Waals surface area contributed by atoms with Crippen LogP contribution < -0.4 is 5.32 Å². The van der Waals surface area contributed by atoms with Gasteiger partial charge < -0.3 is 5.32 Å². The van der Waals surface area contributed by atoms with Gasteiger partial charge in [0.2, 0.25) is 5.91 Å². The van der Waals surface area contributed by atoms with Crippen LogP contribution in [-0.4, -0.2) is 30.9 Å². The summed E-state index contributed by atoms with van der Waals surface area (Å²) in [4.78, 5) is 15.5. The van der Waals surface area contributed by atoms with Crippen LogP contribution in [-0.2, 0) is 17.8 Å². The molecule has 3 aromatic rings. The summed E-state index contributed by atoms with van der Waals surface area (Å²) in [5.41, 5.74) is 1.25. The second-order valence-corrected chi connectivity index (χ2v) is 7.92. The largest absolute Gasteiger partial charge is 0.355 e. The van der Waals surface area contributed by atoms with Gasteiger partial charge in [-0.1, -0.05) is 18.2 Å². The topological polar surface area (TPSA) is 32.3 Å². The highest BCUT2D eigenvalue weighted by atomic mass is 32.1. The van der Waals surface area contributed by atoms with Gasteiger partial charge in [-0.15, -0.1) is 11.3 Å². The Balaban J connectivity index is 1.37. The number of nitrogens with one attached hydrogen (secondary N) is 1. The van der Waals surface area contributed by atoms with Crippen LogP contribution >= 0.6 is 22.7 Å². The van der Waals surface area contributed by atoms with E-state index < -0.39 is 0 Å². The quantitative estimate of drug-likeness (QED) is 0.656. The van der Waals surface area contributed by atoms with E-state index in [1.807, 2.05) is 11.3 Å². The monoisotopic (exact) mass is 358 g/mol. The second-order valence-electron chi connectivity index (χ2n) is 5.97. The van der Waals surface area contributed by atoms with E-state index >= 15 is 0 Å². The standard InChI is InChI=1S/C19H22N2OS2/c1-21(13-17-12-16-4-2-3-5-18(16)24-17)10-9-20-19(22)7-6-15-8-11-23-14-15/h2-5,8,11-12,14H,6-7,9-10,13H2,1H3,(H,20,22). The van der Waals surface area contributed by atoms with Crippen molar-refractivity contribution in [2.24, 2.45) is 0 Å². The zero-order valence-corrected chi connectivity index (χ0v) is 15.5. The molecule has 1 N–H and O–H groups in total. The smallest absolute Gasteiger partial charge is 0.220 e. The zero-order chi connectivity index (χ0) is 16.8. The highest BCUT2D eigenvalue weighted by Gasteiger charge is 2.06. The van der Waals surface area contributed by atoms with Gasteiger partial charge in [-0.3, -0.25) is 9.69 Å². The summed E-state index contributed by atoms with van der Waals surface area (Å²) >= 11 is 3.52. The van der Waals surface area contributed by atoms with Crippen molar-refractivity contribution in [3.05, 3.63) is 57.6 Å². The Morgan fingerprint density at radius 1 is 1.25 bits per heavy atom. The van der Waals surface area contributed by atoms with Crippen molar-refractivity contribution in [3.63, 3.8) is 0 Å². The number of carbonyl (C=O) groups excluding carboxylic acids is 1. The Morgan fingerprint density at radius 2 is 2.12 bits per heavy atom. The van der Waals surface area contributed by atoms with Crippen molar-refractivity contribution in [2.45, 2.75) is 19.4 Å². The molecule has 0 radical (unpaired) electrons. The van der Waals surface area contributed by atoms with Gasteiger partial charge in [-0.2, -0.15) is 11.3 Å². The molecule has 2 aromatic heterocycles. The number of hydrogen-bond donors (Lipinski definition) is 1. The number of carbonyl (C=O) groups is 1. The number of hydrogen-bond acceptors (Lipinski definition) is 4. The molecule has 0 saturated carbocycles. The van der Waals surface area contributed by atoms with E-state index in [1.165, 1.54) is 20.5 Å². The summed E-state index contributed by atoms with van der Waals surface area (Å²) in [6.07, 6.45) is 1.39. The maximum absolute atomic E-state index is 11.9. The molecular weight excluding hydrogens is 336 g/mol. The maximum atomic E-state index is 11.9. The van der Waals surface area contributed by atoms with Gasteiger partial charge in [0.15, 0.2) is 0 Å². The molecule has 0 saturated heterocycles. The molecule has 3 rings (SSSR count). The molecule has 126 valence electrons. The Kier molecular flexibility index (Phi) is 6.01. The summed E-state index contributed by atoms with van der Waals surface area (Å²) in [5, 5.41) is 8.48. The fraction of sp³-hybridized carbons (Fsp3) is 0.316. The molecule has 0 bridgehead atoms. The van der Waals surface area contributed by atoms with Crippen molar-refractivity contribution >= 4 is 38.7 Å². The highest BCUT2D eigenvalue weighted by Crippen LogP contribution is 2.25. The van der Waals surface area contributed by atoms with Crippen molar-refractivity contribution in [2.75, 3.05) is 20.1 Å². The van der Waals surface area contributed by atoms with E-state index in [1.54, 1.807) is 11.3 Å². The molecular formula is C19H22N2OS2. The van der Waals surface area contributed by atoms with E-state index in [4.69, 9.17) is 0 Å². The number of fused-ring (bicyclic) bond motifs is 1. The van der Waals surface area contributed by atoms with Gasteiger partial charge in [0.05, 0.1) is 0 Å². The molecule has 5 heteroatoms. The number of nitrogens with zero attached hydrogens (tertiary/aromatic N) is 1. The average molecular weight is 359 g/mol. The van der Waals surface area contributed by atoms with Crippen LogP contribution in [0.2, 0.25) is 0 Å². The molecule has 0 unspecified atom stereocenters. The lowest BCUT2D eigenvalue weighted by Crippen LogP contribution is -2.32. The minimum Gasteiger partial charge on any atom is -0.355 e. The molecule has 1 amide bonds. The van der Waals surface area contributed by atoms with Gasteiger partial charge in [0, 0.05) is 35.6 Å². The Bertz CT molecular complexity index is 747. The van der Waals surface area contributed by atoms with Crippen LogP contribution in [0, 0.1) is 0 Å². The van der Waals surface area contributed by atoms with Crippen molar-refractivity contribution < 1.29 is 4.79 Å². The molecule has 0 fully saturated rings. The molecule has 3 nitrogen and oxygen atoms in total. The lowest BCUT2D eigenvalue weighted by atomic mass is 10.2. The number of benzene rings is 1. The third kappa shape index (κ3) is 4.90. The fourth-order valence-electron chi connectivity index (χ4n) is 2.63. The summed E-state index contributed by atoms with van der Waals surface area (Å²) in [6.45, 7) is 2.48. The van der Waals surface area contributed by atoms with Gasteiger partial charge in [0.1, 0.15) is 0 Å². The summed E-state index contributed by atoms with van der Waals surface area (Å²) in [5.74, 6) is 0.136. The molecule has 0 atom stereocenters. The van der Waals surface area contributed by atoms with E-state index in [-0.39, 0.29) is 5.91 Å². The normalized spacial score (nSPS) is 11.2. The highest BCUT2D eigenvalue weighted by molar-refractivity contribution is 7.19. The Labute approximate surface area is 150 Å². The summed E-state index contributed by atoms with van der Waals surface area (Å²) in [6, 6.07) is 12.8. The van der Waals surface area contributed by atoms with Crippen molar-refractivity contribution in [1.29, 1.82) is 0 Å². The molecule has 0 spiro atoms.